The van der Waals surface area contributed by atoms with Crippen LogP contribution in [0.1, 0.15) is 32.1 Å². The summed E-state index contributed by atoms with van der Waals surface area (Å²) < 4.78 is 5.10. The van der Waals surface area contributed by atoms with Gasteiger partial charge in [0.25, 0.3) is 0 Å². The normalized spacial score (nSPS) is 17.1. The molecule has 2 rings (SSSR count). The minimum Gasteiger partial charge on any atom is -0.479 e. The van der Waals surface area contributed by atoms with Crippen molar-refractivity contribution < 1.29 is 4.74 Å². The maximum absolute atomic E-state index is 5.72. The molecule has 1 saturated carbocycles. The van der Waals surface area contributed by atoms with Crippen LogP contribution in [0.25, 0.3) is 0 Å². The van der Waals surface area contributed by atoms with E-state index in [0.29, 0.717) is 17.6 Å². The molecule has 4 nitrogen and oxygen atoms in total. The largest absolute Gasteiger partial charge is 0.479 e. The van der Waals surface area contributed by atoms with Gasteiger partial charge in [0.15, 0.2) is 0 Å². The summed E-state index contributed by atoms with van der Waals surface area (Å²) in [5.41, 5.74) is 6.30. The number of aromatic nitrogens is 1. The summed E-state index contributed by atoms with van der Waals surface area (Å²) in [6.07, 6.45) is 6.44. The molecule has 1 aromatic heterocycles. The summed E-state index contributed by atoms with van der Waals surface area (Å²) in [6.45, 7) is 0. The predicted molar refractivity (Wildman–Crippen MR) is 65.7 cm³/mol. The average Bonchev–Trinajstić information content (AvgIpc) is 2.33. The molecule has 0 amide bonds. The van der Waals surface area contributed by atoms with Gasteiger partial charge < -0.3 is 15.8 Å². The van der Waals surface area contributed by atoms with E-state index in [1.165, 1.54) is 32.1 Å². The Balaban J connectivity index is 2.03. The summed E-state index contributed by atoms with van der Waals surface area (Å²) in [5, 5.41) is 3.44. The molecule has 0 unspecified atom stereocenters. The first-order valence-electron chi connectivity index (χ1n) is 5.86. The van der Waals surface area contributed by atoms with E-state index in [0.717, 1.165) is 5.82 Å². The van der Waals surface area contributed by atoms with Gasteiger partial charge in [-0.25, -0.2) is 0 Å². The van der Waals surface area contributed by atoms with Gasteiger partial charge in [-0.1, -0.05) is 19.3 Å². The van der Waals surface area contributed by atoms with Crippen LogP contribution >= 0.6 is 0 Å². The quantitative estimate of drug-likeness (QED) is 0.823. The van der Waals surface area contributed by atoms with Crippen LogP contribution in [0.2, 0.25) is 0 Å². The van der Waals surface area contributed by atoms with E-state index < -0.39 is 0 Å². The van der Waals surface area contributed by atoms with E-state index in [1.54, 1.807) is 7.11 Å². The third kappa shape index (κ3) is 2.56. The van der Waals surface area contributed by atoms with Crippen molar-refractivity contribution in [1.29, 1.82) is 0 Å². The predicted octanol–water partition coefficient (Wildman–Crippen LogP) is 2.42. The van der Waals surface area contributed by atoms with Gasteiger partial charge in [-0.15, -0.1) is 0 Å². The molecule has 1 aliphatic rings. The van der Waals surface area contributed by atoms with Crippen LogP contribution in [0.4, 0.5) is 11.5 Å². The van der Waals surface area contributed by atoms with E-state index in [4.69, 9.17) is 10.5 Å². The van der Waals surface area contributed by atoms with Gasteiger partial charge in [0.1, 0.15) is 5.82 Å². The first kappa shape index (κ1) is 11.0. The molecule has 88 valence electrons. The number of pyridine rings is 1. The lowest BCUT2D eigenvalue weighted by molar-refractivity contribution is 0.400. The van der Waals surface area contributed by atoms with Crippen LogP contribution in [0.15, 0.2) is 12.1 Å². The highest BCUT2D eigenvalue weighted by molar-refractivity contribution is 5.53. The maximum atomic E-state index is 5.72. The fourth-order valence-electron chi connectivity index (χ4n) is 2.15. The van der Waals surface area contributed by atoms with Crippen LogP contribution in [0.5, 0.6) is 5.88 Å². The number of hydrogen-bond acceptors (Lipinski definition) is 4. The highest BCUT2D eigenvalue weighted by Crippen LogP contribution is 2.24. The minimum atomic E-state index is 0.501. The number of nitrogens with two attached hydrogens (primary N) is 1. The molecular formula is C12H19N3O. The van der Waals surface area contributed by atoms with Crippen molar-refractivity contribution >= 4 is 11.5 Å². The van der Waals surface area contributed by atoms with Gasteiger partial charge >= 0.3 is 0 Å². The molecule has 0 spiro atoms. The molecule has 4 heteroatoms. The van der Waals surface area contributed by atoms with E-state index in [2.05, 4.69) is 10.3 Å². The number of nitrogens with zero attached hydrogens (tertiary/aromatic N) is 1. The Hall–Kier alpha value is -1.45. The molecular weight excluding hydrogens is 202 g/mol. The first-order chi connectivity index (χ1) is 7.79. The summed E-state index contributed by atoms with van der Waals surface area (Å²) in [7, 11) is 1.59. The monoisotopic (exact) mass is 221 g/mol. The summed E-state index contributed by atoms with van der Waals surface area (Å²) in [5.74, 6) is 1.36. The van der Waals surface area contributed by atoms with Gasteiger partial charge in [0, 0.05) is 6.04 Å². The van der Waals surface area contributed by atoms with Crippen molar-refractivity contribution in [1.82, 2.24) is 4.98 Å². The van der Waals surface area contributed by atoms with E-state index in [-0.39, 0.29) is 0 Å². The van der Waals surface area contributed by atoms with Crippen LogP contribution in [-0.2, 0) is 0 Å². The van der Waals surface area contributed by atoms with Crippen LogP contribution in [0.3, 0.4) is 0 Å². The zero-order valence-electron chi connectivity index (χ0n) is 9.70. The van der Waals surface area contributed by atoms with Crippen molar-refractivity contribution in [2.75, 3.05) is 18.2 Å². The lowest BCUT2D eigenvalue weighted by Crippen LogP contribution is -2.22. The first-order valence-corrected chi connectivity index (χ1v) is 5.86. The second kappa shape index (κ2) is 5.05. The second-order valence-electron chi connectivity index (χ2n) is 4.27. The van der Waals surface area contributed by atoms with Crippen LogP contribution < -0.4 is 15.8 Å². The summed E-state index contributed by atoms with van der Waals surface area (Å²) in [6, 6.07) is 4.29. The molecule has 0 radical (unpaired) electrons. The van der Waals surface area contributed by atoms with Crippen LogP contribution in [-0.4, -0.2) is 18.1 Å². The zero-order chi connectivity index (χ0) is 11.4. The number of nitrogen functional groups attached to an aromatic ring is 1. The number of anilines is 2. The topological polar surface area (TPSA) is 60.2 Å². The zero-order valence-corrected chi connectivity index (χ0v) is 9.70. The van der Waals surface area contributed by atoms with E-state index >= 15 is 0 Å². The van der Waals surface area contributed by atoms with Gasteiger partial charge in [-0.05, 0) is 25.0 Å². The van der Waals surface area contributed by atoms with Crippen molar-refractivity contribution in [3.63, 3.8) is 0 Å². The fourth-order valence-corrected chi connectivity index (χ4v) is 2.15. The summed E-state index contributed by atoms with van der Waals surface area (Å²) in [4.78, 5) is 4.33. The Bertz CT molecular complexity index is 348. The number of ether oxygens (including phenoxy) is 1. The van der Waals surface area contributed by atoms with Crippen LogP contribution in [0, 0.1) is 0 Å². The standard InChI is InChI=1S/C12H19N3O/c1-16-12-10(13)7-8-11(15-12)14-9-5-3-2-4-6-9/h7-9H,2-6,13H2,1H3,(H,14,15). The Morgan fingerprint density at radius 2 is 2.06 bits per heavy atom. The fraction of sp³-hybridized carbons (Fsp3) is 0.583. The minimum absolute atomic E-state index is 0.501. The third-order valence-corrected chi connectivity index (χ3v) is 3.04. The molecule has 0 saturated heterocycles. The van der Waals surface area contributed by atoms with Crippen molar-refractivity contribution in [2.24, 2.45) is 0 Å². The number of hydrogen-bond donors (Lipinski definition) is 2. The molecule has 0 atom stereocenters. The lowest BCUT2D eigenvalue weighted by Gasteiger charge is -2.23. The number of methoxy groups -OCH3 is 1. The van der Waals surface area contributed by atoms with Crippen molar-refractivity contribution in [2.45, 2.75) is 38.1 Å². The Morgan fingerprint density at radius 3 is 2.75 bits per heavy atom. The van der Waals surface area contributed by atoms with Crippen molar-refractivity contribution in [3.05, 3.63) is 12.1 Å². The number of rotatable bonds is 3. The highest BCUT2D eigenvalue weighted by atomic mass is 16.5. The van der Waals surface area contributed by atoms with E-state index in [9.17, 15) is 0 Å². The SMILES string of the molecule is COc1nc(NC2CCCCC2)ccc1N. The smallest absolute Gasteiger partial charge is 0.238 e. The second-order valence-corrected chi connectivity index (χ2v) is 4.27. The van der Waals surface area contributed by atoms with Crippen molar-refractivity contribution in [3.8, 4) is 5.88 Å². The molecule has 0 aliphatic heterocycles. The average molecular weight is 221 g/mol. The Morgan fingerprint density at radius 1 is 1.31 bits per heavy atom. The van der Waals surface area contributed by atoms with Gasteiger partial charge in [0.05, 0.1) is 12.8 Å². The molecule has 1 aromatic rings. The van der Waals surface area contributed by atoms with Gasteiger partial charge in [-0.2, -0.15) is 4.98 Å². The maximum Gasteiger partial charge on any atom is 0.238 e. The molecule has 0 aromatic carbocycles. The Kier molecular flexibility index (Phi) is 3.49. The highest BCUT2D eigenvalue weighted by Gasteiger charge is 2.13. The van der Waals surface area contributed by atoms with Gasteiger partial charge in [-0.3, -0.25) is 0 Å². The van der Waals surface area contributed by atoms with Gasteiger partial charge in [0.2, 0.25) is 5.88 Å². The molecule has 1 fully saturated rings. The third-order valence-electron chi connectivity index (χ3n) is 3.04. The molecule has 1 heterocycles. The molecule has 3 N–H and O–H groups in total. The number of nitrogens with one attached hydrogen (secondary N) is 1. The molecule has 16 heavy (non-hydrogen) atoms. The Labute approximate surface area is 96.2 Å². The lowest BCUT2D eigenvalue weighted by atomic mass is 9.95. The molecule has 0 bridgehead atoms. The summed E-state index contributed by atoms with van der Waals surface area (Å²) >= 11 is 0. The van der Waals surface area contributed by atoms with E-state index in [1.807, 2.05) is 12.1 Å². The molecule has 1 aliphatic carbocycles.